The summed E-state index contributed by atoms with van der Waals surface area (Å²) in [6.45, 7) is 3.73. The van der Waals surface area contributed by atoms with Crippen LogP contribution in [0.4, 0.5) is 10.3 Å². The van der Waals surface area contributed by atoms with Crippen molar-refractivity contribution in [2.24, 2.45) is 0 Å². The van der Waals surface area contributed by atoms with Crippen LogP contribution < -0.4 is 5.73 Å². The molecule has 2 N–H and O–H groups in total. The van der Waals surface area contributed by atoms with Gasteiger partial charge in [-0.3, -0.25) is 4.57 Å². The summed E-state index contributed by atoms with van der Waals surface area (Å²) in [5.41, 5.74) is 9.59. The minimum atomic E-state index is -0.302. The summed E-state index contributed by atoms with van der Waals surface area (Å²) >= 11 is 0. The maximum Gasteiger partial charge on any atom is 0.207 e. The van der Waals surface area contributed by atoms with Crippen molar-refractivity contribution in [3.63, 3.8) is 0 Å². The van der Waals surface area contributed by atoms with E-state index in [0.717, 1.165) is 11.3 Å². The van der Waals surface area contributed by atoms with Gasteiger partial charge in [-0.2, -0.15) is 0 Å². The van der Waals surface area contributed by atoms with Gasteiger partial charge in [0, 0.05) is 5.69 Å². The zero-order chi connectivity index (χ0) is 13.6. The fraction of sp³-hybridized carbons (Fsp3) is 0.143. The maximum absolute atomic E-state index is 13.5. The number of anilines is 1. The predicted octanol–water partition coefficient (Wildman–Crippen LogP) is 2.76. The average molecular weight is 256 g/mol. The molecule has 5 heteroatoms. The lowest BCUT2D eigenvalue weighted by molar-refractivity contribution is 0.625. The van der Waals surface area contributed by atoms with Crippen molar-refractivity contribution in [2.75, 3.05) is 5.73 Å². The molecule has 0 bridgehead atoms. The highest BCUT2D eigenvalue weighted by Gasteiger charge is 2.12. The van der Waals surface area contributed by atoms with Crippen LogP contribution >= 0.6 is 0 Å². The van der Waals surface area contributed by atoms with Gasteiger partial charge in [-0.15, -0.1) is 0 Å². The first-order chi connectivity index (χ1) is 9.04. The van der Waals surface area contributed by atoms with Gasteiger partial charge in [0.2, 0.25) is 5.95 Å². The van der Waals surface area contributed by atoms with Gasteiger partial charge in [0.15, 0.2) is 5.65 Å². The number of aryl methyl sites for hydroxylation is 2. The second-order valence-corrected chi connectivity index (χ2v) is 4.59. The van der Waals surface area contributed by atoms with Gasteiger partial charge in [0.25, 0.3) is 0 Å². The molecule has 1 aromatic carbocycles. The Balaban J connectivity index is 2.35. The minimum absolute atomic E-state index is 0.302. The average Bonchev–Trinajstić information content (AvgIpc) is 2.63. The minimum Gasteiger partial charge on any atom is -0.369 e. The van der Waals surface area contributed by atoms with Gasteiger partial charge in [0.1, 0.15) is 11.3 Å². The Bertz CT molecular complexity index is 756. The summed E-state index contributed by atoms with van der Waals surface area (Å²) < 4.78 is 15.2. The molecule has 0 aliphatic carbocycles. The van der Waals surface area contributed by atoms with E-state index in [4.69, 9.17) is 5.73 Å². The number of hydrogen-bond acceptors (Lipinski definition) is 3. The Labute approximate surface area is 109 Å². The van der Waals surface area contributed by atoms with Crippen molar-refractivity contribution in [3.8, 4) is 5.69 Å². The Kier molecular flexibility index (Phi) is 2.48. The summed E-state index contributed by atoms with van der Waals surface area (Å²) in [5, 5.41) is 0. The Morgan fingerprint density at radius 3 is 2.63 bits per heavy atom. The molecule has 2 aromatic heterocycles. The highest BCUT2D eigenvalue weighted by atomic mass is 19.1. The third kappa shape index (κ3) is 1.93. The zero-order valence-corrected chi connectivity index (χ0v) is 10.7. The van der Waals surface area contributed by atoms with Gasteiger partial charge in [0.05, 0.1) is 5.69 Å². The molecule has 2 heterocycles. The molecule has 0 aliphatic rings. The van der Waals surface area contributed by atoms with Gasteiger partial charge >= 0.3 is 0 Å². The van der Waals surface area contributed by atoms with Crippen LogP contribution in [0.15, 0.2) is 30.3 Å². The number of nitrogens with zero attached hydrogens (tertiary/aromatic N) is 3. The second-order valence-electron chi connectivity index (χ2n) is 4.59. The molecular formula is C14H13FN4. The van der Waals surface area contributed by atoms with E-state index >= 15 is 0 Å². The first-order valence-corrected chi connectivity index (χ1v) is 5.94. The third-order valence-corrected chi connectivity index (χ3v) is 2.95. The van der Waals surface area contributed by atoms with Crippen molar-refractivity contribution in [1.29, 1.82) is 0 Å². The molecule has 0 spiro atoms. The molecule has 3 aromatic rings. The molecule has 96 valence electrons. The van der Waals surface area contributed by atoms with Crippen LogP contribution in [0, 0.1) is 19.7 Å². The molecular weight excluding hydrogens is 243 g/mol. The van der Waals surface area contributed by atoms with E-state index < -0.39 is 0 Å². The van der Waals surface area contributed by atoms with Crippen LogP contribution in [0.25, 0.3) is 16.9 Å². The number of pyridine rings is 1. The van der Waals surface area contributed by atoms with E-state index in [2.05, 4.69) is 9.97 Å². The molecule has 0 amide bonds. The molecule has 0 saturated carbocycles. The number of rotatable bonds is 1. The number of imidazole rings is 1. The van der Waals surface area contributed by atoms with Crippen molar-refractivity contribution < 1.29 is 4.39 Å². The normalized spacial score (nSPS) is 11.1. The van der Waals surface area contributed by atoms with Gasteiger partial charge < -0.3 is 5.73 Å². The van der Waals surface area contributed by atoms with E-state index in [1.165, 1.54) is 12.1 Å². The van der Waals surface area contributed by atoms with Gasteiger partial charge in [-0.25, -0.2) is 14.4 Å². The van der Waals surface area contributed by atoms with Crippen molar-refractivity contribution in [2.45, 2.75) is 13.8 Å². The third-order valence-electron chi connectivity index (χ3n) is 2.95. The van der Waals surface area contributed by atoms with E-state index in [1.54, 1.807) is 4.57 Å². The number of halogens is 1. The smallest absolute Gasteiger partial charge is 0.207 e. The van der Waals surface area contributed by atoms with E-state index in [9.17, 15) is 4.39 Å². The molecule has 0 radical (unpaired) electrons. The summed E-state index contributed by atoms with van der Waals surface area (Å²) in [7, 11) is 0. The Morgan fingerprint density at radius 2 is 1.89 bits per heavy atom. The lowest BCUT2D eigenvalue weighted by Crippen LogP contribution is -2.02. The number of aromatic nitrogens is 3. The number of hydrogen-bond donors (Lipinski definition) is 1. The summed E-state index contributed by atoms with van der Waals surface area (Å²) in [6, 6.07) is 8.48. The SMILES string of the molecule is Cc1cc(F)cc(-n2c(N)nc3ccc(C)nc32)c1. The van der Waals surface area contributed by atoms with Crippen molar-refractivity contribution in [1.82, 2.24) is 14.5 Å². The largest absolute Gasteiger partial charge is 0.369 e. The highest BCUT2D eigenvalue weighted by molar-refractivity contribution is 5.77. The molecule has 0 unspecified atom stereocenters. The zero-order valence-electron chi connectivity index (χ0n) is 10.7. The summed E-state index contributed by atoms with van der Waals surface area (Å²) in [5.74, 6) is 0.00185. The van der Waals surface area contributed by atoms with Crippen LogP contribution in [0.5, 0.6) is 0 Å². The van der Waals surface area contributed by atoms with Crippen LogP contribution in [0.2, 0.25) is 0 Å². The molecule has 0 aliphatic heterocycles. The number of nitrogens with two attached hydrogens (primary N) is 1. The van der Waals surface area contributed by atoms with Crippen LogP contribution in [-0.4, -0.2) is 14.5 Å². The lowest BCUT2D eigenvalue weighted by atomic mass is 10.2. The van der Waals surface area contributed by atoms with E-state index in [-0.39, 0.29) is 5.82 Å². The second kappa shape index (κ2) is 4.05. The first kappa shape index (κ1) is 11.6. The van der Waals surface area contributed by atoms with E-state index in [0.29, 0.717) is 22.8 Å². The number of benzene rings is 1. The Morgan fingerprint density at radius 1 is 1.11 bits per heavy atom. The molecule has 0 atom stereocenters. The first-order valence-electron chi connectivity index (χ1n) is 5.94. The van der Waals surface area contributed by atoms with Crippen molar-refractivity contribution in [3.05, 3.63) is 47.4 Å². The molecule has 19 heavy (non-hydrogen) atoms. The van der Waals surface area contributed by atoms with Gasteiger partial charge in [-0.1, -0.05) is 0 Å². The summed E-state index contributed by atoms with van der Waals surface area (Å²) in [4.78, 5) is 8.68. The standard InChI is InChI=1S/C14H13FN4/c1-8-5-10(15)7-11(6-8)19-13-12(18-14(19)16)4-3-9(2)17-13/h3-7H,1-2H3,(H2,16,18). The monoisotopic (exact) mass is 256 g/mol. The predicted molar refractivity (Wildman–Crippen MR) is 72.7 cm³/mol. The molecule has 3 rings (SSSR count). The maximum atomic E-state index is 13.5. The number of fused-ring (bicyclic) bond motifs is 1. The molecule has 0 fully saturated rings. The summed E-state index contributed by atoms with van der Waals surface area (Å²) in [6.07, 6.45) is 0. The van der Waals surface area contributed by atoms with Gasteiger partial charge in [-0.05, 0) is 49.7 Å². The topological polar surface area (TPSA) is 56.7 Å². The quantitative estimate of drug-likeness (QED) is 0.728. The van der Waals surface area contributed by atoms with Crippen LogP contribution in [-0.2, 0) is 0 Å². The van der Waals surface area contributed by atoms with Crippen LogP contribution in [0.1, 0.15) is 11.3 Å². The van der Waals surface area contributed by atoms with E-state index in [1.807, 2.05) is 32.0 Å². The Hall–Kier alpha value is -2.43. The fourth-order valence-electron chi connectivity index (χ4n) is 2.17. The van der Waals surface area contributed by atoms with Crippen molar-refractivity contribution >= 4 is 17.1 Å². The van der Waals surface area contributed by atoms with Crippen LogP contribution in [0.3, 0.4) is 0 Å². The highest BCUT2D eigenvalue weighted by Crippen LogP contribution is 2.23. The molecule has 4 nitrogen and oxygen atoms in total. The fourth-order valence-corrected chi connectivity index (χ4v) is 2.17. The molecule has 0 saturated heterocycles. The lowest BCUT2D eigenvalue weighted by Gasteiger charge is -2.07. The number of nitrogen functional groups attached to an aromatic ring is 1.